The maximum atomic E-state index is 11.7. The molecule has 30 heavy (non-hydrogen) atoms. The van der Waals surface area contributed by atoms with Gasteiger partial charge in [-0.3, -0.25) is 14.7 Å². The number of guanidine groups is 1. The number of carbonyl (C=O) groups is 1. The summed E-state index contributed by atoms with van der Waals surface area (Å²) in [6.07, 6.45) is 5.30. The summed E-state index contributed by atoms with van der Waals surface area (Å²) in [5.74, 6) is 1.65. The Morgan fingerprint density at radius 3 is 2.40 bits per heavy atom. The molecule has 168 valence electrons. The van der Waals surface area contributed by atoms with Gasteiger partial charge in [-0.25, -0.2) is 0 Å². The van der Waals surface area contributed by atoms with Crippen LogP contribution >= 0.6 is 24.0 Å². The number of aliphatic imine (C=N–C) groups is 1. The molecule has 2 aliphatic heterocycles. The summed E-state index contributed by atoms with van der Waals surface area (Å²) < 4.78 is 0. The quantitative estimate of drug-likeness (QED) is 0.325. The SMILES string of the molecule is CCNC(=NCC(c1ccccc1)N1CCCC1)N1CCC(CC(=O)NC)CC1.I. The van der Waals surface area contributed by atoms with E-state index in [0.29, 0.717) is 18.4 Å². The lowest BCUT2D eigenvalue weighted by Gasteiger charge is -2.34. The first-order chi connectivity index (χ1) is 14.2. The minimum Gasteiger partial charge on any atom is -0.359 e. The first-order valence-corrected chi connectivity index (χ1v) is 11.2. The summed E-state index contributed by atoms with van der Waals surface area (Å²) in [6.45, 7) is 8.04. The van der Waals surface area contributed by atoms with Crippen LogP contribution in [0.5, 0.6) is 0 Å². The van der Waals surface area contributed by atoms with Crippen molar-refractivity contribution in [1.82, 2.24) is 20.4 Å². The molecule has 1 atom stereocenters. The Bertz CT molecular complexity index is 655. The van der Waals surface area contributed by atoms with Gasteiger partial charge in [-0.1, -0.05) is 30.3 Å². The lowest BCUT2D eigenvalue weighted by atomic mass is 9.93. The van der Waals surface area contributed by atoms with Crippen molar-refractivity contribution in [1.29, 1.82) is 0 Å². The average Bonchev–Trinajstić information content (AvgIpc) is 3.29. The summed E-state index contributed by atoms with van der Waals surface area (Å²) in [5.41, 5.74) is 1.36. The molecule has 0 aliphatic carbocycles. The summed E-state index contributed by atoms with van der Waals surface area (Å²) >= 11 is 0. The normalized spacial score (nSPS) is 19.3. The molecule has 0 aromatic heterocycles. The monoisotopic (exact) mass is 527 g/mol. The van der Waals surface area contributed by atoms with E-state index in [-0.39, 0.29) is 29.9 Å². The Balaban J connectivity index is 0.00000320. The van der Waals surface area contributed by atoms with E-state index in [9.17, 15) is 4.79 Å². The van der Waals surface area contributed by atoms with Crippen LogP contribution in [-0.2, 0) is 4.79 Å². The summed E-state index contributed by atoms with van der Waals surface area (Å²) in [5, 5.41) is 6.24. The fraction of sp³-hybridized carbons (Fsp3) is 0.652. The molecule has 6 nitrogen and oxygen atoms in total. The van der Waals surface area contributed by atoms with Crippen molar-refractivity contribution in [2.75, 3.05) is 46.3 Å². The smallest absolute Gasteiger partial charge is 0.220 e. The first kappa shape index (κ1) is 24.9. The molecule has 2 heterocycles. The molecule has 0 bridgehead atoms. The molecule has 1 unspecified atom stereocenters. The minimum atomic E-state index is 0. The maximum absolute atomic E-state index is 11.7. The third kappa shape index (κ3) is 7.11. The molecular weight excluding hydrogens is 489 g/mol. The third-order valence-corrected chi connectivity index (χ3v) is 6.18. The molecule has 0 saturated carbocycles. The minimum absolute atomic E-state index is 0. The van der Waals surface area contributed by atoms with Crippen molar-refractivity contribution >= 4 is 35.8 Å². The maximum Gasteiger partial charge on any atom is 0.220 e. The fourth-order valence-electron chi connectivity index (χ4n) is 4.47. The number of hydrogen-bond donors (Lipinski definition) is 2. The molecule has 2 saturated heterocycles. The van der Waals surface area contributed by atoms with Crippen LogP contribution in [0.1, 0.15) is 50.6 Å². The van der Waals surface area contributed by atoms with Crippen LogP contribution in [-0.4, -0.2) is 68.0 Å². The number of hydrogen-bond acceptors (Lipinski definition) is 3. The zero-order chi connectivity index (χ0) is 20.5. The predicted molar refractivity (Wildman–Crippen MR) is 134 cm³/mol. The van der Waals surface area contributed by atoms with Crippen LogP contribution in [0.2, 0.25) is 0 Å². The van der Waals surface area contributed by atoms with Gasteiger partial charge in [-0.2, -0.15) is 0 Å². The van der Waals surface area contributed by atoms with Crippen molar-refractivity contribution in [3.63, 3.8) is 0 Å². The van der Waals surface area contributed by atoms with Gasteiger partial charge in [-0.05, 0) is 57.2 Å². The van der Waals surface area contributed by atoms with Gasteiger partial charge < -0.3 is 15.5 Å². The van der Waals surface area contributed by atoms with Gasteiger partial charge >= 0.3 is 0 Å². The second kappa shape index (κ2) is 13.1. The van der Waals surface area contributed by atoms with E-state index in [2.05, 4.69) is 57.7 Å². The molecule has 2 N–H and O–H groups in total. The largest absolute Gasteiger partial charge is 0.359 e. The molecule has 2 fully saturated rings. The van der Waals surface area contributed by atoms with Crippen LogP contribution in [0.3, 0.4) is 0 Å². The Hall–Kier alpha value is -1.35. The number of benzene rings is 1. The average molecular weight is 527 g/mol. The van der Waals surface area contributed by atoms with Crippen molar-refractivity contribution < 1.29 is 4.79 Å². The lowest BCUT2D eigenvalue weighted by molar-refractivity contribution is -0.121. The fourth-order valence-corrected chi connectivity index (χ4v) is 4.47. The number of carbonyl (C=O) groups excluding carboxylic acids is 1. The molecular formula is C23H38IN5O. The number of halogens is 1. The molecule has 7 heteroatoms. The molecule has 0 radical (unpaired) electrons. The zero-order valence-electron chi connectivity index (χ0n) is 18.5. The van der Waals surface area contributed by atoms with Crippen LogP contribution in [0.25, 0.3) is 0 Å². The molecule has 1 amide bonds. The highest BCUT2D eigenvalue weighted by molar-refractivity contribution is 14.0. The number of likely N-dealkylation sites (tertiary alicyclic amines) is 2. The van der Waals surface area contributed by atoms with Crippen LogP contribution < -0.4 is 10.6 Å². The predicted octanol–water partition coefficient (Wildman–Crippen LogP) is 3.26. The van der Waals surface area contributed by atoms with Gasteiger partial charge in [0, 0.05) is 33.1 Å². The zero-order valence-corrected chi connectivity index (χ0v) is 20.8. The van der Waals surface area contributed by atoms with Crippen LogP contribution in [0.4, 0.5) is 0 Å². The third-order valence-electron chi connectivity index (χ3n) is 6.18. The molecule has 1 aromatic rings. The van der Waals surface area contributed by atoms with Gasteiger partial charge in [-0.15, -0.1) is 24.0 Å². The van der Waals surface area contributed by atoms with Gasteiger partial charge in [0.15, 0.2) is 5.96 Å². The van der Waals surface area contributed by atoms with E-state index < -0.39 is 0 Å². The summed E-state index contributed by atoms with van der Waals surface area (Å²) in [7, 11) is 1.72. The summed E-state index contributed by atoms with van der Waals surface area (Å²) in [4.78, 5) is 21.7. The Morgan fingerprint density at radius 1 is 1.13 bits per heavy atom. The molecule has 2 aliphatic rings. The first-order valence-electron chi connectivity index (χ1n) is 11.2. The Labute approximate surface area is 198 Å². The van der Waals surface area contributed by atoms with E-state index in [4.69, 9.17) is 4.99 Å². The highest BCUT2D eigenvalue weighted by Crippen LogP contribution is 2.26. The number of nitrogens with one attached hydrogen (secondary N) is 2. The van der Waals surface area contributed by atoms with Crippen LogP contribution in [0, 0.1) is 5.92 Å². The number of amides is 1. The molecule has 1 aromatic carbocycles. The van der Waals surface area contributed by atoms with Gasteiger partial charge in [0.25, 0.3) is 0 Å². The van der Waals surface area contributed by atoms with Crippen molar-refractivity contribution in [3.05, 3.63) is 35.9 Å². The van der Waals surface area contributed by atoms with E-state index in [1.54, 1.807) is 7.05 Å². The second-order valence-corrected chi connectivity index (χ2v) is 8.17. The van der Waals surface area contributed by atoms with Crippen molar-refractivity contribution in [2.45, 2.75) is 45.1 Å². The number of piperidine rings is 1. The standard InChI is InChI=1S/C23H37N5O.HI/c1-3-25-23(28-15-11-19(12-16-28)17-22(29)24-2)26-18-21(27-13-7-8-14-27)20-9-5-4-6-10-20;/h4-6,9-10,19,21H,3,7-8,11-18H2,1-2H3,(H,24,29)(H,25,26);1H. The Kier molecular flexibility index (Phi) is 10.9. The van der Waals surface area contributed by atoms with Gasteiger partial charge in [0.05, 0.1) is 12.6 Å². The van der Waals surface area contributed by atoms with E-state index in [1.807, 2.05) is 0 Å². The van der Waals surface area contributed by atoms with Gasteiger partial charge in [0.1, 0.15) is 0 Å². The molecule has 3 rings (SSSR count). The van der Waals surface area contributed by atoms with E-state index in [0.717, 1.165) is 58.1 Å². The number of rotatable bonds is 7. The highest BCUT2D eigenvalue weighted by Gasteiger charge is 2.25. The topological polar surface area (TPSA) is 60.0 Å². The van der Waals surface area contributed by atoms with Crippen molar-refractivity contribution in [3.8, 4) is 0 Å². The number of nitrogens with zero attached hydrogens (tertiary/aromatic N) is 3. The lowest BCUT2D eigenvalue weighted by Crippen LogP contribution is -2.46. The van der Waals surface area contributed by atoms with Crippen LogP contribution in [0.15, 0.2) is 35.3 Å². The Morgan fingerprint density at radius 2 is 1.80 bits per heavy atom. The van der Waals surface area contributed by atoms with E-state index >= 15 is 0 Å². The summed E-state index contributed by atoms with van der Waals surface area (Å²) in [6, 6.07) is 11.2. The van der Waals surface area contributed by atoms with Crippen molar-refractivity contribution in [2.24, 2.45) is 10.9 Å². The highest BCUT2D eigenvalue weighted by atomic mass is 127. The van der Waals surface area contributed by atoms with Gasteiger partial charge in [0.2, 0.25) is 5.91 Å². The molecule has 0 spiro atoms. The van der Waals surface area contributed by atoms with E-state index in [1.165, 1.54) is 18.4 Å². The second-order valence-electron chi connectivity index (χ2n) is 8.17.